The number of nitrogens with zero attached hydrogens (tertiary/aromatic N) is 1. The van der Waals surface area contributed by atoms with Crippen molar-refractivity contribution in [2.75, 3.05) is 27.2 Å². The fourth-order valence-electron chi connectivity index (χ4n) is 2.45. The highest BCUT2D eigenvalue weighted by Gasteiger charge is 2.24. The van der Waals surface area contributed by atoms with Gasteiger partial charge in [0.25, 0.3) is 0 Å². The Morgan fingerprint density at radius 3 is 2.65 bits per heavy atom. The molecule has 2 nitrogen and oxygen atoms in total. The molecular formula is C15H24N2. The van der Waals surface area contributed by atoms with Crippen LogP contribution in [0.4, 0.5) is 0 Å². The Morgan fingerprint density at radius 1 is 1.35 bits per heavy atom. The minimum Gasteiger partial charge on any atom is -0.312 e. The Balaban J connectivity index is 1.97. The quantitative estimate of drug-likeness (QED) is 0.811. The molecule has 0 bridgehead atoms. The van der Waals surface area contributed by atoms with Crippen LogP contribution < -0.4 is 5.32 Å². The second-order valence-corrected chi connectivity index (χ2v) is 5.36. The van der Waals surface area contributed by atoms with E-state index in [9.17, 15) is 0 Å². The van der Waals surface area contributed by atoms with Crippen molar-refractivity contribution in [1.82, 2.24) is 10.2 Å². The van der Waals surface area contributed by atoms with Crippen LogP contribution in [0.25, 0.3) is 0 Å². The molecule has 1 unspecified atom stereocenters. The predicted molar refractivity (Wildman–Crippen MR) is 73.2 cm³/mol. The van der Waals surface area contributed by atoms with Gasteiger partial charge in [-0.05, 0) is 50.9 Å². The molecule has 2 rings (SSSR count). The lowest BCUT2D eigenvalue weighted by Gasteiger charge is -2.25. The topological polar surface area (TPSA) is 15.3 Å². The van der Waals surface area contributed by atoms with Gasteiger partial charge in [-0.15, -0.1) is 0 Å². The maximum atomic E-state index is 3.44. The molecule has 0 heterocycles. The Bertz CT molecular complexity index is 358. The molecule has 0 aliphatic heterocycles. The van der Waals surface area contributed by atoms with E-state index in [1.165, 1.54) is 30.5 Å². The number of benzene rings is 1. The van der Waals surface area contributed by atoms with Crippen LogP contribution in [-0.4, -0.2) is 32.1 Å². The molecule has 1 fully saturated rings. The van der Waals surface area contributed by atoms with Gasteiger partial charge in [0.15, 0.2) is 0 Å². The molecule has 1 saturated carbocycles. The van der Waals surface area contributed by atoms with E-state index < -0.39 is 0 Å². The van der Waals surface area contributed by atoms with Crippen molar-refractivity contribution in [1.29, 1.82) is 0 Å². The summed E-state index contributed by atoms with van der Waals surface area (Å²) in [4.78, 5) is 2.46. The fraction of sp³-hybridized carbons (Fsp3) is 0.600. The van der Waals surface area contributed by atoms with Gasteiger partial charge >= 0.3 is 0 Å². The number of rotatable bonds is 6. The molecular weight excluding hydrogens is 208 g/mol. The Hall–Kier alpha value is -0.860. The summed E-state index contributed by atoms with van der Waals surface area (Å²) in [5, 5.41) is 3.44. The molecule has 94 valence electrons. The summed E-state index contributed by atoms with van der Waals surface area (Å²) in [6.07, 6.45) is 2.86. The van der Waals surface area contributed by atoms with Crippen molar-refractivity contribution in [3.63, 3.8) is 0 Å². The third-order valence-corrected chi connectivity index (χ3v) is 3.67. The number of hydrogen-bond donors (Lipinski definition) is 1. The molecule has 1 N–H and O–H groups in total. The smallest absolute Gasteiger partial charge is 0.0449 e. The van der Waals surface area contributed by atoms with E-state index in [1.54, 1.807) is 0 Å². The SMILES string of the molecule is CNC(CN(C)CC1CC1)c1ccccc1C. The van der Waals surface area contributed by atoms with Gasteiger partial charge in [0.2, 0.25) is 0 Å². The molecule has 1 aromatic carbocycles. The summed E-state index contributed by atoms with van der Waals surface area (Å²) in [7, 11) is 4.29. The summed E-state index contributed by atoms with van der Waals surface area (Å²) in [5.41, 5.74) is 2.81. The standard InChI is InChI=1S/C15H24N2/c1-12-6-4-5-7-14(12)15(16-2)11-17(3)10-13-8-9-13/h4-7,13,15-16H,8-11H2,1-3H3. The van der Waals surface area contributed by atoms with Crippen molar-refractivity contribution in [2.24, 2.45) is 5.92 Å². The normalized spacial score (nSPS) is 17.4. The van der Waals surface area contributed by atoms with E-state index in [0.717, 1.165) is 12.5 Å². The Labute approximate surface area is 105 Å². The lowest BCUT2D eigenvalue weighted by atomic mass is 10.0. The van der Waals surface area contributed by atoms with Crippen LogP contribution >= 0.6 is 0 Å². The van der Waals surface area contributed by atoms with Gasteiger partial charge in [0, 0.05) is 19.1 Å². The van der Waals surface area contributed by atoms with Crippen molar-refractivity contribution < 1.29 is 0 Å². The summed E-state index contributed by atoms with van der Waals surface area (Å²) in [6.45, 7) is 4.54. The largest absolute Gasteiger partial charge is 0.312 e. The van der Waals surface area contributed by atoms with Gasteiger partial charge in [0.1, 0.15) is 0 Å². The van der Waals surface area contributed by atoms with Gasteiger partial charge in [-0.25, -0.2) is 0 Å². The minimum absolute atomic E-state index is 0.444. The van der Waals surface area contributed by atoms with Crippen LogP contribution in [0.1, 0.15) is 30.0 Å². The molecule has 0 spiro atoms. The number of nitrogens with one attached hydrogen (secondary N) is 1. The van der Waals surface area contributed by atoms with E-state index >= 15 is 0 Å². The number of hydrogen-bond acceptors (Lipinski definition) is 2. The zero-order valence-corrected chi connectivity index (χ0v) is 11.2. The minimum atomic E-state index is 0.444. The third-order valence-electron chi connectivity index (χ3n) is 3.67. The first-order valence-electron chi connectivity index (χ1n) is 6.62. The number of likely N-dealkylation sites (N-methyl/N-ethyl adjacent to an activating group) is 2. The van der Waals surface area contributed by atoms with Gasteiger partial charge in [-0.3, -0.25) is 0 Å². The highest BCUT2D eigenvalue weighted by Crippen LogP contribution is 2.30. The van der Waals surface area contributed by atoms with Crippen molar-refractivity contribution >= 4 is 0 Å². The molecule has 2 heteroatoms. The van der Waals surface area contributed by atoms with Crippen LogP contribution in [0.2, 0.25) is 0 Å². The van der Waals surface area contributed by atoms with Crippen LogP contribution in [-0.2, 0) is 0 Å². The van der Waals surface area contributed by atoms with E-state index in [1.807, 2.05) is 0 Å². The van der Waals surface area contributed by atoms with Crippen molar-refractivity contribution in [3.05, 3.63) is 35.4 Å². The van der Waals surface area contributed by atoms with Crippen LogP contribution in [0, 0.1) is 12.8 Å². The Kier molecular flexibility index (Phi) is 4.19. The summed E-state index contributed by atoms with van der Waals surface area (Å²) < 4.78 is 0. The van der Waals surface area contributed by atoms with Gasteiger partial charge in [-0.2, -0.15) is 0 Å². The van der Waals surface area contributed by atoms with E-state index in [0.29, 0.717) is 6.04 Å². The lowest BCUT2D eigenvalue weighted by molar-refractivity contribution is 0.286. The molecule has 1 aliphatic carbocycles. The van der Waals surface area contributed by atoms with Crippen LogP contribution in [0.15, 0.2) is 24.3 Å². The zero-order chi connectivity index (χ0) is 12.3. The molecule has 1 atom stereocenters. The summed E-state index contributed by atoms with van der Waals surface area (Å²) in [6, 6.07) is 9.12. The Morgan fingerprint density at radius 2 is 2.06 bits per heavy atom. The van der Waals surface area contributed by atoms with E-state index in [2.05, 4.69) is 55.5 Å². The predicted octanol–water partition coefficient (Wildman–Crippen LogP) is 2.60. The highest BCUT2D eigenvalue weighted by atomic mass is 15.1. The lowest BCUT2D eigenvalue weighted by Crippen LogP contribution is -2.32. The van der Waals surface area contributed by atoms with Crippen LogP contribution in [0.3, 0.4) is 0 Å². The molecule has 0 radical (unpaired) electrons. The van der Waals surface area contributed by atoms with E-state index in [-0.39, 0.29) is 0 Å². The van der Waals surface area contributed by atoms with Gasteiger partial charge in [0.05, 0.1) is 0 Å². The highest BCUT2D eigenvalue weighted by molar-refractivity contribution is 5.28. The first kappa shape index (κ1) is 12.6. The fourth-order valence-corrected chi connectivity index (χ4v) is 2.45. The van der Waals surface area contributed by atoms with Gasteiger partial charge < -0.3 is 10.2 Å². The monoisotopic (exact) mass is 232 g/mol. The molecule has 1 aliphatic rings. The molecule has 0 amide bonds. The molecule has 0 aromatic heterocycles. The van der Waals surface area contributed by atoms with E-state index in [4.69, 9.17) is 0 Å². The molecule has 0 saturated heterocycles. The average Bonchev–Trinajstić information content (AvgIpc) is 3.11. The maximum Gasteiger partial charge on any atom is 0.0449 e. The second-order valence-electron chi connectivity index (χ2n) is 5.36. The van der Waals surface area contributed by atoms with Gasteiger partial charge in [-0.1, -0.05) is 24.3 Å². The first-order valence-corrected chi connectivity index (χ1v) is 6.62. The maximum absolute atomic E-state index is 3.44. The van der Waals surface area contributed by atoms with Crippen LogP contribution in [0.5, 0.6) is 0 Å². The zero-order valence-electron chi connectivity index (χ0n) is 11.2. The molecule has 17 heavy (non-hydrogen) atoms. The summed E-state index contributed by atoms with van der Waals surface area (Å²) in [5.74, 6) is 0.967. The van der Waals surface area contributed by atoms with Crippen molar-refractivity contribution in [3.8, 4) is 0 Å². The summed E-state index contributed by atoms with van der Waals surface area (Å²) >= 11 is 0. The van der Waals surface area contributed by atoms with Crippen molar-refractivity contribution in [2.45, 2.75) is 25.8 Å². The first-order chi connectivity index (χ1) is 8.20. The third kappa shape index (κ3) is 3.55. The second kappa shape index (κ2) is 5.65. The average molecular weight is 232 g/mol. The number of aryl methyl sites for hydroxylation is 1. The molecule has 1 aromatic rings.